The van der Waals surface area contributed by atoms with E-state index in [-0.39, 0.29) is 12.1 Å². The summed E-state index contributed by atoms with van der Waals surface area (Å²) >= 11 is 5.95. The van der Waals surface area contributed by atoms with Crippen molar-refractivity contribution in [1.82, 2.24) is 19.8 Å². The summed E-state index contributed by atoms with van der Waals surface area (Å²) in [7, 11) is 0. The van der Waals surface area contributed by atoms with E-state index in [0.717, 1.165) is 10.8 Å². The highest BCUT2D eigenvalue weighted by molar-refractivity contribution is 7.80. The zero-order valence-corrected chi connectivity index (χ0v) is 19.4. The number of hydrogen-bond donors (Lipinski definition) is 1. The van der Waals surface area contributed by atoms with Gasteiger partial charge in [-0.15, -0.1) is 0 Å². The van der Waals surface area contributed by atoms with Crippen LogP contribution in [0.4, 0.5) is 0 Å². The van der Waals surface area contributed by atoms with Gasteiger partial charge in [-0.2, -0.15) is 0 Å². The first-order valence-electron chi connectivity index (χ1n) is 12.0. The lowest BCUT2D eigenvalue weighted by Crippen LogP contribution is -2.40. The van der Waals surface area contributed by atoms with Gasteiger partial charge in [0, 0.05) is 29.8 Å². The Morgan fingerprint density at radius 3 is 2.48 bits per heavy atom. The fourth-order valence-electron chi connectivity index (χ4n) is 5.63. The second-order valence-corrected chi connectivity index (χ2v) is 9.55. The minimum absolute atomic E-state index is 0.0229. The van der Waals surface area contributed by atoms with E-state index in [4.69, 9.17) is 17.2 Å². The van der Waals surface area contributed by atoms with E-state index in [1.807, 2.05) is 12.3 Å². The van der Waals surface area contributed by atoms with E-state index < -0.39 is 0 Å². The van der Waals surface area contributed by atoms with Gasteiger partial charge >= 0.3 is 0 Å². The lowest BCUT2D eigenvalue weighted by Gasteiger charge is -2.37. The summed E-state index contributed by atoms with van der Waals surface area (Å²) in [6.07, 6.45) is 10.3. The summed E-state index contributed by atoms with van der Waals surface area (Å²) in [6.45, 7) is 0. The maximum atomic E-state index is 5.95. The number of rotatable bonds is 4. The molecule has 0 unspecified atom stereocenters. The van der Waals surface area contributed by atoms with Crippen molar-refractivity contribution in [3.05, 3.63) is 96.6 Å². The number of aromatic nitrogens is 2. The zero-order chi connectivity index (χ0) is 22.2. The van der Waals surface area contributed by atoms with Gasteiger partial charge < -0.3 is 14.8 Å². The van der Waals surface area contributed by atoms with Gasteiger partial charge in [0.25, 0.3) is 0 Å². The Bertz CT molecular complexity index is 1280. The van der Waals surface area contributed by atoms with Gasteiger partial charge in [0.2, 0.25) is 0 Å². The molecule has 1 aliphatic carbocycles. The highest BCUT2D eigenvalue weighted by atomic mass is 32.1. The molecular formula is C28H28N4S. The predicted molar refractivity (Wildman–Crippen MR) is 137 cm³/mol. The molecule has 2 aromatic heterocycles. The van der Waals surface area contributed by atoms with Crippen LogP contribution in [0.3, 0.4) is 0 Å². The van der Waals surface area contributed by atoms with Crippen molar-refractivity contribution in [2.75, 3.05) is 0 Å². The molecule has 2 fully saturated rings. The van der Waals surface area contributed by atoms with Crippen molar-refractivity contribution in [3.8, 4) is 5.69 Å². The fourth-order valence-corrected chi connectivity index (χ4v) is 6.02. The fraction of sp³-hybridized carbons (Fsp3) is 0.286. The van der Waals surface area contributed by atoms with Crippen LogP contribution in [0.2, 0.25) is 0 Å². The van der Waals surface area contributed by atoms with Gasteiger partial charge in [-0.25, -0.2) is 0 Å². The van der Waals surface area contributed by atoms with Crippen LogP contribution < -0.4 is 5.32 Å². The number of thiocarbonyl (C=S) groups is 1. The van der Waals surface area contributed by atoms with E-state index in [2.05, 4.69) is 87.7 Å². The first kappa shape index (κ1) is 20.4. The maximum absolute atomic E-state index is 5.95. The van der Waals surface area contributed by atoms with Crippen LogP contribution in [0.25, 0.3) is 16.5 Å². The molecule has 3 heterocycles. The van der Waals surface area contributed by atoms with Gasteiger partial charge in [-0.05, 0) is 72.2 Å². The number of nitrogens with zero attached hydrogens (tertiary/aromatic N) is 3. The zero-order valence-electron chi connectivity index (χ0n) is 18.6. The van der Waals surface area contributed by atoms with Crippen molar-refractivity contribution in [2.45, 2.75) is 50.2 Å². The smallest absolute Gasteiger partial charge is 0.170 e. The summed E-state index contributed by atoms with van der Waals surface area (Å²) in [5.41, 5.74) is 3.46. The molecule has 33 heavy (non-hydrogen) atoms. The normalized spacial score (nSPS) is 21.5. The molecule has 2 aliphatic rings. The number of fused-ring (bicyclic) bond motifs is 1. The van der Waals surface area contributed by atoms with E-state index in [1.165, 1.54) is 54.3 Å². The number of nitrogens with one attached hydrogen (secondary N) is 1. The van der Waals surface area contributed by atoms with Crippen molar-refractivity contribution in [2.24, 2.45) is 0 Å². The third-order valence-electron chi connectivity index (χ3n) is 7.20. The number of hydrogen-bond acceptors (Lipinski definition) is 2. The van der Waals surface area contributed by atoms with Crippen molar-refractivity contribution < 1.29 is 0 Å². The average molecular weight is 453 g/mol. The average Bonchev–Trinajstić information content (AvgIpc) is 3.49. The SMILES string of the molecule is S=C1N[C@H](c2ccccn2)[C@H](c2cccn2-c2ccc3ccccc3c2)N1C1CCCCC1. The third kappa shape index (κ3) is 3.70. The maximum Gasteiger partial charge on any atom is 0.170 e. The van der Waals surface area contributed by atoms with Crippen LogP contribution >= 0.6 is 12.2 Å². The molecule has 4 nitrogen and oxygen atoms in total. The van der Waals surface area contributed by atoms with Crippen LogP contribution in [-0.4, -0.2) is 25.6 Å². The van der Waals surface area contributed by atoms with Gasteiger partial charge in [-0.1, -0.05) is 55.7 Å². The van der Waals surface area contributed by atoms with Crippen molar-refractivity contribution in [3.63, 3.8) is 0 Å². The topological polar surface area (TPSA) is 33.1 Å². The highest BCUT2D eigenvalue weighted by Gasteiger charge is 2.44. The Labute approximate surface area is 200 Å². The standard InChI is InChI=1S/C28H28N4S/c33-28-30-26(24-13-6-7-17-29-24)27(32(28)22-11-2-1-3-12-22)25-14-8-18-31(25)23-16-15-20-9-4-5-10-21(20)19-23/h4-10,13-19,22,26-27H,1-3,11-12H2,(H,30,33)/t26-,27+/m1/s1. The minimum Gasteiger partial charge on any atom is -0.352 e. The minimum atomic E-state index is 0.0229. The van der Waals surface area contributed by atoms with E-state index in [9.17, 15) is 0 Å². The lowest BCUT2D eigenvalue weighted by molar-refractivity contribution is 0.193. The summed E-state index contributed by atoms with van der Waals surface area (Å²) in [5.74, 6) is 0. The second kappa shape index (κ2) is 8.64. The Hall–Kier alpha value is -3.18. The van der Waals surface area contributed by atoms with Crippen LogP contribution in [-0.2, 0) is 0 Å². The molecule has 0 radical (unpaired) electrons. The van der Waals surface area contributed by atoms with Gasteiger partial charge in [0.1, 0.15) is 0 Å². The third-order valence-corrected chi connectivity index (χ3v) is 7.53. The predicted octanol–water partition coefficient (Wildman–Crippen LogP) is 6.33. The second-order valence-electron chi connectivity index (χ2n) is 9.16. The number of benzene rings is 2. The molecule has 0 amide bonds. The summed E-state index contributed by atoms with van der Waals surface area (Å²) < 4.78 is 2.33. The van der Waals surface area contributed by atoms with E-state index in [0.29, 0.717) is 6.04 Å². The molecule has 1 aliphatic heterocycles. The first-order valence-corrected chi connectivity index (χ1v) is 12.4. The van der Waals surface area contributed by atoms with Crippen LogP contribution in [0.1, 0.15) is 55.6 Å². The van der Waals surface area contributed by atoms with Crippen LogP contribution in [0.5, 0.6) is 0 Å². The van der Waals surface area contributed by atoms with Crippen LogP contribution in [0, 0.1) is 0 Å². The molecule has 1 saturated carbocycles. The Morgan fingerprint density at radius 1 is 0.848 bits per heavy atom. The highest BCUT2D eigenvalue weighted by Crippen LogP contribution is 2.43. The molecule has 0 spiro atoms. The van der Waals surface area contributed by atoms with Gasteiger partial charge in [-0.3, -0.25) is 4.98 Å². The van der Waals surface area contributed by atoms with Crippen LogP contribution in [0.15, 0.2) is 85.2 Å². The quantitative estimate of drug-likeness (QED) is 0.367. The van der Waals surface area contributed by atoms with E-state index >= 15 is 0 Å². The van der Waals surface area contributed by atoms with Gasteiger partial charge in [0.05, 0.1) is 17.8 Å². The van der Waals surface area contributed by atoms with Crippen molar-refractivity contribution >= 4 is 28.1 Å². The molecular weight excluding hydrogens is 424 g/mol. The van der Waals surface area contributed by atoms with Gasteiger partial charge in [0.15, 0.2) is 5.11 Å². The molecule has 4 aromatic rings. The molecule has 0 bridgehead atoms. The molecule has 6 rings (SSSR count). The monoisotopic (exact) mass is 452 g/mol. The van der Waals surface area contributed by atoms with E-state index in [1.54, 1.807) is 0 Å². The largest absolute Gasteiger partial charge is 0.352 e. The molecule has 1 saturated heterocycles. The molecule has 1 N–H and O–H groups in total. The molecule has 166 valence electrons. The summed E-state index contributed by atoms with van der Waals surface area (Å²) in [4.78, 5) is 7.21. The first-order chi connectivity index (χ1) is 16.3. The number of pyridine rings is 1. The Kier molecular flexibility index (Phi) is 5.35. The molecule has 2 aromatic carbocycles. The lowest BCUT2D eigenvalue weighted by atomic mass is 9.92. The molecule has 5 heteroatoms. The summed E-state index contributed by atoms with van der Waals surface area (Å²) in [5, 5.41) is 7.01. The Morgan fingerprint density at radius 2 is 1.67 bits per heavy atom. The summed E-state index contributed by atoms with van der Waals surface area (Å²) in [6, 6.07) is 26.4. The van der Waals surface area contributed by atoms with Crippen molar-refractivity contribution in [1.29, 1.82) is 0 Å². The molecule has 2 atom stereocenters. The Balaban J connectivity index is 1.47.